The van der Waals surface area contributed by atoms with E-state index in [0.29, 0.717) is 17.6 Å². The molecular weight excluding hydrogens is 224 g/mol. The molecule has 0 bridgehead atoms. The summed E-state index contributed by atoms with van der Waals surface area (Å²) in [5.41, 5.74) is 1.21. The highest BCUT2D eigenvalue weighted by molar-refractivity contribution is 5.89. The Morgan fingerprint density at radius 2 is 1.78 bits per heavy atom. The van der Waals surface area contributed by atoms with Gasteiger partial charge in [-0.2, -0.15) is 0 Å². The summed E-state index contributed by atoms with van der Waals surface area (Å²) in [7, 11) is 0. The quantitative estimate of drug-likeness (QED) is 0.546. The van der Waals surface area contributed by atoms with Crippen molar-refractivity contribution in [2.24, 2.45) is 0 Å². The summed E-state index contributed by atoms with van der Waals surface area (Å²) < 4.78 is 0. The van der Waals surface area contributed by atoms with Crippen LogP contribution in [0, 0.1) is 0 Å². The Labute approximate surface area is 109 Å². The predicted molar refractivity (Wildman–Crippen MR) is 75.2 cm³/mol. The zero-order valence-corrected chi connectivity index (χ0v) is 11.1. The molecule has 18 heavy (non-hydrogen) atoms. The van der Waals surface area contributed by atoms with Crippen molar-refractivity contribution in [3.63, 3.8) is 0 Å². The van der Waals surface area contributed by atoms with E-state index in [1.54, 1.807) is 18.2 Å². The molecule has 0 aliphatic heterocycles. The van der Waals surface area contributed by atoms with Crippen molar-refractivity contribution in [3.8, 4) is 5.75 Å². The molecule has 0 amide bonds. The van der Waals surface area contributed by atoms with Gasteiger partial charge in [0.05, 0.1) is 0 Å². The number of phenolic OH excluding ortho intramolecular Hbond substituents is 1. The van der Waals surface area contributed by atoms with Crippen LogP contribution >= 0.6 is 0 Å². The monoisotopic (exact) mass is 246 g/mol. The fraction of sp³-hybridized carbons (Fsp3) is 0.500. The summed E-state index contributed by atoms with van der Waals surface area (Å²) in [5, 5.41) is 9.68. The number of carbonyl (C=O) groups excluding carboxylic acids is 1. The molecule has 1 aromatic carbocycles. The number of allylic oxidation sites excluding steroid dienone is 1. The predicted octanol–water partition coefficient (Wildman–Crippen LogP) is 4.36. The maximum Gasteiger partial charge on any atom is 0.128 e. The molecule has 0 saturated heterocycles. The van der Waals surface area contributed by atoms with E-state index < -0.39 is 0 Å². The minimum Gasteiger partial charge on any atom is -0.507 e. The maximum absolute atomic E-state index is 11.0. The number of rotatable bonds is 8. The number of hydrogen-bond acceptors (Lipinski definition) is 2. The number of unbranched alkanes of at least 4 members (excludes halogenated alkanes) is 5. The van der Waals surface area contributed by atoms with Gasteiger partial charge in [0.2, 0.25) is 0 Å². The molecule has 2 heteroatoms. The van der Waals surface area contributed by atoms with Crippen molar-refractivity contribution in [1.29, 1.82) is 0 Å². The van der Waals surface area contributed by atoms with Crippen molar-refractivity contribution in [2.45, 2.75) is 51.9 Å². The summed E-state index contributed by atoms with van der Waals surface area (Å²) in [6.45, 7) is 2.20. The van der Waals surface area contributed by atoms with E-state index in [1.807, 2.05) is 12.0 Å². The standard InChI is InChI=1S/C16H22O2/c1-2-3-4-5-6-7-10-14(13-17)15-11-8-9-12-16(15)18/h8-9,11-12,18H,2-7,10H2,1H3. The van der Waals surface area contributed by atoms with Crippen LogP contribution in [0.3, 0.4) is 0 Å². The van der Waals surface area contributed by atoms with E-state index in [9.17, 15) is 9.90 Å². The van der Waals surface area contributed by atoms with E-state index in [1.165, 1.54) is 25.7 Å². The highest BCUT2D eigenvalue weighted by atomic mass is 16.3. The summed E-state index contributed by atoms with van der Waals surface area (Å²) >= 11 is 0. The smallest absolute Gasteiger partial charge is 0.128 e. The molecule has 2 nitrogen and oxygen atoms in total. The van der Waals surface area contributed by atoms with Crippen LogP contribution in [-0.2, 0) is 4.79 Å². The molecule has 1 aromatic rings. The molecule has 0 unspecified atom stereocenters. The summed E-state index contributed by atoms with van der Waals surface area (Å²) in [6, 6.07) is 6.96. The molecule has 98 valence electrons. The van der Waals surface area contributed by atoms with Crippen LogP contribution in [0.15, 0.2) is 24.3 Å². The molecule has 0 aromatic heterocycles. The normalized spacial score (nSPS) is 10.1. The van der Waals surface area contributed by atoms with Crippen LogP contribution in [-0.4, -0.2) is 11.0 Å². The molecule has 0 atom stereocenters. The largest absolute Gasteiger partial charge is 0.507 e. The summed E-state index contributed by atoms with van der Waals surface area (Å²) in [5.74, 6) is 2.14. The fourth-order valence-corrected chi connectivity index (χ4v) is 2.05. The first-order valence-electron chi connectivity index (χ1n) is 6.82. The Morgan fingerprint density at radius 3 is 2.44 bits per heavy atom. The minimum atomic E-state index is 0.168. The highest BCUT2D eigenvalue weighted by Crippen LogP contribution is 2.26. The molecule has 1 N–H and O–H groups in total. The van der Waals surface area contributed by atoms with Gasteiger partial charge in [0.15, 0.2) is 0 Å². The van der Waals surface area contributed by atoms with Gasteiger partial charge >= 0.3 is 0 Å². The van der Waals surface area contributed by atoms with E-state index in [4.69, 9.17) is 0 Å². The third-order valence-corrected chi connectivity index (χ3v) is 3.13. The van der Waals surface area contributed by atoms with Gasteiger partial charge in [-0.3, -0.25) is 0 Å². The lowest BCUT2D eigenvalue weighted by atomic mass is 9.99. The first-order chi connectivity index (χ1) is 8.79. The van der Waals surface area contributed by atoms with Gasteiger partial charge in [-0.25, -0.2) is 4.79 Å². The van der Waals surface area contributed by atoms with Crippen LogP contribution in [0.25, 0.3) is 5.57 Å². The van der Waals surface area contributed by atoms with Gasteiger partial charge in [-0.1, -0.05) is 57.2 Å². The van der Waals surface area contributed by atoms with Gasteiger partial charge in [0.25, 0.3) is 0 Å². The van der Waals surface area contributed by atoms with Crippen LogP contribution in [0.5, 0.6) is 5.75 Å². The van der Waals surface area contributed by atoms with Crippen LogP contribution in [0.2, 0.25) is 0 Å². The topological polar surface area (TPSA) is 37.3 Å². The third kappa shape index (κ3) is 4.77. The Hall–Kier alpha value is -1.53. The zero-order chi connectivity index (χ0) is 13.2. The Kier molecular flexibility index (Phi) is 6.90. The van der Waals surface area contributed by atoms with Gasteiger partial charge < -0.3 is 5.11 Å². The molecule has 0 aliphatic carbocycles. The summed E-state index contributed by atoms with van der Waals surface area (Å²) in [4.78, 5) is 11.0. The molecule has 0 spiro atoms. The number of hydrogen-bond donors (Lipinski definition) is 1. The van der Waals surface area contributed by atoms with Crippen molar-refractivity contribution in [3.05, 3.63) is 29.8 Å². The van der Waals surface area contributed by atoms with Crippen LogP contribution in [0.1, 0.15) is 57.4 Å². The maximum atomic E-state index is 11.0. The van der Waals surface area contributed by atoms with E-state index in [2.05, 4.69) is 6.92 Å². The lowest BCUT2D eigenvalue weighted by molar-refractivity contribution is 0.473. The van der Waals surface area contributed by atoms with Crippen LogP contribution in [0.4, 0.5) is 0 Å². The highest BCUT2D eigenvalue weighted by Gasteiger charge is 2.07. The van der Waals surface area contributed by atoms with E-state index in [-0.39, 0.29) is 5.75 Å². The molecule has 0 fully saturated rings. The first-order valence-corrected chi connectivity index (χ1v) is 6.82. The van der Waals surface area contributed by atoms with Crippen molar-refractivity contribution >= 4 is 11.5 Å². The lowest BCUT2D eigenvalue weighted by Gasteiger charge is -2.06. The average molecular weight is 246 g/mol. The number of benzene rings is 1. The molecule has 0 radical (unpaired) electrons. The van der Waals surface area contributed by atoms with Crippen molar-refractivity contribution in [1.82, 2.24) is 0 Å². The van der Waals surface area contributed by atoms with E-state index >= 15 is 0 Å². The molecule has 0 saturated carbocycles. The first kappa shape index (κ1) is 14.5. The van der Waals surface area contributed by atoms with Gasteiger partial charge in [-0.05, 0) is 18.9 Å². The average Bonchev–Trinajstić information content (AvgIpc) is 2.39. The SMILES string of the molecule is CCCCCCCCC(=C=O)c1ccccc1O. The zero-order valence-electron chi connectivity index (χ0n) is 11.1. The lowest BCUT2D eigenvalue weighted by Crippen LogP contribution is -1.88. The van der Waals surface area contributed by atoms with Crippen molar-refractivity contribution in [2.75, 3.05) is 0 Å². The summed E-state index contributed by atoms with van der Waals surface area (Å²) in [6.07, 6.45) is 7.86. The van der Waals surface area contributed by atoms with Gasteiger partial charge in [-0.15, -0.1) is 0 Å². The molecule has 1 rings (SSSR count). The molecule has 0 heterocycles. The second kappa shape index (κ2) is 8.54. The minimum absolute atomic E-state index is 0.168. The Bertz CT molecular complexity index is 403. The second-order valence-corrected chi connectivity index (χ2v) is 4.62. The van der Waals surface area contributed by atoms with Gasteiger partial charge in [0.1, 0.15) is 11.7 Å². The van der Waals surface area contributed by atoms with Crippen molar-refractivity contribution < 1.29 is 9.90 Å². The Balaban J connectivity index is 2.40. The van der Waals surface area contributed by atoms with Crippen LogP contribution < -0.4 is 0 Å². The second-order valence-electron chi connectivity index (χ2n) is 4.62. The van der Waals surface area contributed by atoms with Gasteiger partial charge in [0, 0.05) is 11.1 Å². The molecule has 0 aliphatic rings. The number of para-hydroxylation sites is 1. The Morgan fingerprint density at radius 1 is 1.11 bits per heavy atom. The fourth-order valence-electron chi connectivity index (χ4n) is 2.05. The number of phenols is 1. The van der Waals surface area contributed by atoms with E-state index in [0.717, 1.165) is 12.8 Å². The number of aromatic hydroxyl groups is 1. The molecular formula is C16H22O2. The third-order valence-electron chi connectivity index (χ3n) is 3.13.